The first-order valence-corrected chi connectivity index (χ1v) is 10.6. The van der Waals surface area contributed by atoms with Gasteiger partial charge in [-0.15, -0.1) is 0 Å². The molecule has 2 amide bonds. The monoisotopic (exact) mass is 485 g/mol. The van der Waals surface area contributed by atoms with E-state index in [-0.39, 0.29) is 18.4 Å². The molecule has 3 aromatic rings. The summed E-state index contributed by atoms with van der Waals surface area (Å²) < 4.78 is 10.9. The summed E-state index contributed by atoms with van der Waals surface area (Å²) in [6, 6.07) is 16.8. The standard InChI is InChI=1S/C24H21Cl2N3O4/c1-15-3-9-19(12-20(15)26)28-23(30)14-33-21-10-4-16(11-22(21)32-2)13-27-29-24(31)17-5-7-18(25)8-6-17/h3-13H,14H2,1-2H3,(H,28,30)(H,29,31)/b27-13+. The van der Waals surface area contributed by atoms with Crippen molar-refractivity contribution in [2.75, 3.05) is 19.0 Å². The van der Waals surface area contributed by atoms with Gasteiger partial charge in [0.2, 0.25) is 0 Å². The normalized spacial score (nSPS) is 10.7. The van der Waals surface area contributed by atoms with E-state index in [1.165, 1.54) is 13.3 Å². The highest BCUT2D eigenvalue weighted by Gasteiger charge is 2.10. The number of amides is 2. The highest BCUT2D eigenvalue weighted by Crippen LogP contribution is 2.27. The Balaban J connectivity index is 1.56. The van der Waals surface area contributed by atoms with Crippen LogP contribution in [0.3, 0.4) is 0 Å². The minimum Gasteiger partial charge on any atom is -0.493 e. The van der Waals surface area contributed by atoms with Crippen molar-refractivity contribution in [1.82, 2.24) is 5.43 Å². The molecular formula is C24H21Cl2N3O4. The van der Waals surface area contributed by atoms with Gasteiger partial charge >= 0.3 is 0 Å². The van der Waals surface area contributed by atoms with Crippen molar-refractivity contribution in [2.45, 2.75) is 6.92 Å². The van der Waals surface area contributed by atoms with Crippen LogP contribution in [0, 0.1) is 6.92 Å². The van der Waals surface area contributed by atoms with Gasteiger partial charge in [0, 0.05) is 21.3 Å². The van der Waals surface area contributed by atoms with Gasteiger partial charge in [-0.25, -0.2) is 5.43 Å². The van der Waals surface area contributed by atoms with Crippen LogP contribution in [0.15, 0.2) is 65.8 Å². The van der Waals surface area contributed by atoms with E-state index < -0.39 is 0 Å². The number of nitrogens with zero attached hydrogens (tertiary/aromatic N) is 1. The summed E-state index contributed by atoms with van der Waals surface area (Å²) in [5.74, 6) is 0.0920. The van der Waals surface area contributed by atoms with Crippen LogP contribution < -0.4 is 20.2 Å². The number of aryl methyl sites for hydroxylation is 1. The van der Waals surface area contributed by atoms with E-state index >= 15 is 0 Å². The number of nitrogens with one attached hydrogen (secondary N) is 2. The molecule has 0 aliphatic rings. The largest absolute Gasteiger partial charge is 0.493 e. The maximum Gasteiger partial charge on any atom is 0.271 e. The lowest BCUT2D eigenvalue weighted by molar-refractivity contribution is -0.118. The van der Waals surface area contributed by atoms with E-state index in [0.29, 0.717) is 38.4 Å². The first-order valence-electron chi connectivity index (χ1n) is 9.81. The van der Waals surface area contributed by atoms with Crippen LogP contribution in [0.4, 0.5) is 5.69 Å². The van der Waals surface area contributed by atoms with E-state index in [1.54, 1.807) is 54.6 Å². The molecule has 0 saturated heterocycles. The van der Waals surface area contributed by atoms with Crippen LogP contribution in [0.1, 0.15) is 21.5 Å². The molecule has 0 saturated carbocycles. The van der Waals surface area contributed by atoms with Crippen LogP contribution in [0.5, 0.6) is 11.5 Å². The number of halogens is 2. The maximum atomic E-state index is 12.2. The lowest BCUT2D eigenvalue weighted by atomic mass is 10.2. The summed E-state index contributed by atoms with van der Waals surface area (Å²) in [7, 11) is 1.49. The molecule has 0 aliphatic carbocycles. The topological polar surface area (TPSA) is 89.0 Å². The molecule has 0 bridgehead atoms. The van der Waals surface area contributed by atoms with Crippen molar-refractivity contribution in [3.05, 3.63) is 87.4 Å². The van der Waals surface area contributed by atoms with Crippen LogP contribution in [0.25, 0.3) is 0 Å². The van der Waals surface area contributed by atoms with Gasteiger partial charge in [0.05, 0.1) is 13.3 Å². The van der Waals surface area contributed by atoms with Crippen LogP contribution in [0.2, 0.25) is 10.0 Å². The molecule has 0 radical (unpaired) electrons. The van der Waals surface area contributed by atoms with Crippen molar-refractivity contribution < 1.29 is 19.1 Å². The average molecular weight is 486 g/mol. The van der Waals surface area contributed by atoms with Crippen LogP contribution in [-0.2, 0) is 4.79 Å². The molecule has 0 unspecified atom stereocenters. The molecule has 0 heterocycles. The molecule has 170 valence electrons. The van der Waals surface area contributed by atoms with Gasteiger partial charge in [-0.2, -0.15) is 5.10 Å². The van der Waals surface area contributed by atoms with E-state index in [0.717, 1.165) is 5.56 Å². The predicted octanol–water partition coefficient (Wildman–Crippen LogP) is 5.09. The Morgan fingerprint density at radius 1 is 1.00 bits per heavy atom. The number of carbonyl (C=O) groups is 2. The smallest absolute Gasteiger partial charge is 0.271 e. The number of methoxy groups -OCH3 is 1. The van der Waals surface area contributed by atoms with E-state index in [1.807, 2.05) is 13.0 Å². The predicted molar refractivity (Wildman–Crippen MR) is 130 cm³/mol. The Hall–Kier alpha value is -3.55. The van der Waals surface area contributed by atoms with Crippen molar-refractivity contribution in [1.29, 1.82) is 0 Å². The fraction of sp³-hybridized carbons (Fsp3) is 0.125. The summed E-state index contributed by atoms with van der Waals surface area (Å²) in [5, 5.41) is 7.79. The Labute approximate surface area is 201 Å². The molecule has 33 heavy (non-hydrogen) atoms. The van der Waals surface area contributed by atoms with Crippen LogP contribution >= 0.6 is 23.2 Å². The van der Waals surface area contributed by atoms with Gasteiger partial charge in [-0.3, -0.25) is 9.59 Å². The van der Waals surface area contributed by atoms with Gasteiger partial charge < -0.3 is 14.8 Å². The summed E-state index contributed by atoms with van der Waals surface area (Å²) >= 11 is 11.9. The number of rotatable bonds is 8. The molecule has 3 aromatic carbocycles. The summed E-state index contributed by atoms with van der Waals surface area (Å²) in [6.07, 6.45) is 1.47. The minimum absolute atomic E-state index is 0.216. The molecule has 0 aliphatic heterocycles. The average Bonchev–Trinajstić information content (AvgIpc) is 2.80. The number of anilines is 1. The highest BCUT2D eigenvalue weighted by molar-refractivity contribution is 6.31. The molecular weight excluding hydrogens is 465 g/mol. The number of carbonyl (C=O) groups excluding carboxylic acids is 2. The number of ether oxygens (including phenoxy) is 2. The van der Waals surface area contributed by atoms with E-state index in [2.05, 4.69) is 15.8 Å². The quantitative estimate of drug-likeness (QED) is 0.343. The number of benzene rings is 3. The van der Waals surface area contributed by atoms with Gasteiger partial charge in [0.15, 0.2) is 18.1 Å². The lowest BCUT2D eigenvalue weighted by Crippen LogP contribution is -2.20. The molecule has 0 fully saturated rings. The summed E-state index contributed by atoms with van der Waals surface area (Å²) in [6.45, 7) is 1.66. The molecule has 0 atom stereocenters. The number of hydrogen-bond acceptors (Lipinski definition) is 5. The second kappa shape index (κ2) is 11.4. The fourth-order valence-electron chi connectivity index (χ4n) is 2.73. The minimum atomic E-state index is -0.365. The van der Waals surface area contributed by atoms with Gasteiger partial charge in [-0.05, 0) is 72.6 Å². The van der Waals surface area contributed by atoms with Crippen molar-refractivity contribution in [2.24, 2.45) is 5.10 Å². The number of hydrazone groups is 1. The Bertz CT molecular complexity index is 1180. The van der Waals surface area contributed by atoms with Crippen molar-refractivity contribution >= 4 is 46.9 Å². The van der Waals surface area contributed by atoms with E-state index in [9.17, 15) is 9.59 Å². The Morgan fingerprint density at radius 3 is 2.45 bits per heavy atom. The second-order valence-corrected chi connectivity index (χ2v) is 7.76. The number of hydrogen-bond donors (Lipinski definition) is 2. The first-order chi connectivity index (χ1) is 15.9. The Kier molecular flexibility index (Phi) is 8.29. The zero-order chi connectivity index (χ0) is 23.8. The first kappa shape index (κ1) is 24.1. The maximum absolute atomic E-state index is 12.2. The molecule has 7 nitrogen and oxygen atoms in total. The highest BCUT2D eigenvalue weighted by atomic mass is 35.5. The van der Waals surface area contributed by atoms with Gasteiger partial charge in [0.25, 0.3) is 11.8 Å². The van der Waals surface area contributed by atoms with Crippen LogP contribution in [-0.4, -0.2) is 31.7 Å². The summed E-state index contributed by atoms with van der Waals surface area (Å²) in [4.78, 5) is 24.3. The van der Waals surface area contributed by atoms with Crippen molar-refractivity contribution in [3.63, 3.8) is 0 Å². The third kappa shape index (κ3) is 6.97. The molecule has 3 rings (SSSR count). The zero-order valence-electron chi connectivity index (χ0n) is 17.9. The van der Waals surface area contributed by atoms with Gasteiger partial charge in [-0.1, -0.05) is 29.3 Å². The summed E-state index contributed by atoms with van der Waals surface area (Å²) in [5.41, 5.74) is 5.04. The third-order valence-electron chi connectivity index (χ3n) is 4.49. The Morgan fingerprint density at radius 2 is 1.76 bits per heavy atom. The SMILES string of the molecule is COc1cc(/C=N/NC(=O)c2ccc(Cl)cc2)ccc1OCC(=O)Nc1ccc(C)c(Cl)c1. The zero-order valence-corrected chi connectivity index (χ0v) is 19.4. The van der Waals surface area contributed by atoms with Crippen molar-refractivity contribution in [3.8, 4) is 11.5 Å². The lowest BCUT2D eigenvalue weighted by Gasteiger charge is -2.12. The fourth-order valence-corrected chi connectivity index (χ4v) is 3.03. The van der Waals surface area contributed by atoms with Gasteiger partial charge in [0.1, 0.15) is 0 Å². The molecule has 2 N–H and O–H groups in total. The molecule has 9 heteroatoms. The molecule has 0 aromatic heterocycles. The van der Waals surface area contributed by atoms with E-state index in [4.69, 9.17) is 32.7 Å². The third-order valence-corrected chi connectivity index (χ3v) is 5.15. The molecule has 0 spiro atoms. The second-order valence-electron chi connectivity index (χ2n) is 6.92.